The van der Waals surface area contributed by atoms with Crippen molar-refractivity contribution < 1.29 is 13.9 Å². The first-order chi connectivity index (χ1) is 13.0. The fourth-order valence-corrected chi connectivity index (χ4v) is 3.68. The number of benzene rings is 2. The third-order valence-electron chi connectivity index (χ3n) is 5.91. The lowest BCUT2D eigenvalue weighted by Crippen LogP contribution is -2.21. The Labute approximate surface area is 158 Å². The van der Waals surface area contributed by atoms with Crippen molar-refractivity contribution in [1.29, 1.82) is 0 Å². The molecule has 0 spiro atoms. The summed E-state index contributed by atoms with van der Waals surface area (Å²) in [4.78, 5) is 12.9. The molecular weight excluding hydrogens is 341 g/mol. The molecule has 0 N–H and O–H groups in total. The molecule has 0 bridgehead atoms. The molecule has 4 heteroatoms. The van der Waals surface area contributed by atoms with Crippen LogP contribution in [0.4, 0.5) is 4.39 Å². The zero-order valence-electron chi connectivity index (χ0n) is 15.7. The number of esters is 1. The second-order valence-corrected chi connectivity index (χ2v) is 7.86. The minimum atomic E-state index is -0.338. The van der Waals surface area contributed by atoms with E-state index in [1.54, 1.807) is 12.1 Å². The third kappa shape index (κ3) is 3.36. The van der Waals surface area contributed by atoms with Crippen molar-refractivity contribution in [3.63, 3.8) is 0 Å². The number of para-hydroxylation sites is 1. The second kappa shape index (κ2) is 6.84. The molecule has 0 aliphatic heterocycles. The number of hydrogen-bond acceptors (Lipinski definition) is 2. The first kappa shape index (κ1) is 17.8. The highest BCUT2D eigenvalue weighted by molar-refractivity contribution is 5.95. The zero-order chi connectivity index (χ0) is 19.0. The number of carbonyl (C=O) groups excluding carboxylic acids is 1. The lowest BCUT2D eigenvalue weighted by Gasteiger charge is -2.19. The van der Waals surface area contributed by atoms with Crippen molar-refractivity contribution in [2.75, 3.05) is 6.61 Å². The number of ether oxygens (including phenoxy) is 1. The van der Waals surface area contributed by atoms with Gasteiger partial charge in [-0.05, 0) is 37.0 Å². The van der Waals surface area contributed by atoms with E-state index < -0.39 is 0 Å². The summed E-state index contributed by atoms with van der Waals surface area (Å²) >= 11 is 0. The van der Waals surface area contributed by atoms with Crippen LogP contribution in [0.15, 0.2) is 54.6 Å². The Bertz CT molecular complexity index is 985. The standard InChI is InChI=1S/C23H24FNO2/c1-16(2)23(11-12-23)15-27-22(26)21-13-17-7-4-6-10-20(17)25(21)14-18-8-3-5-9-19(18)24/h3-10,13,16H,11-12,14-15H2,1-2H3. The van der Waals surface area contributed by atoms with E-state index in [-0.39, 0.29) is 17.2 Å². The number of nitrogens with zero attached hydrogens (tertiary/aromatic N) is 1. The van der Waals surface area contributed by atoms with Crippen molar-refractivity contribution >= 4 is 16.9 Å². The molecule has 2 aromatic carbocycles. The number of fused-ring (bicyclic) bond motifs is 1. The van der Waals surface area contributed by atoms with Gasteiger partial charge in [0.1, 0.15) is 11.5 Å². The van der Waals surface area contributed by atoms with E-state index in [1.807, 2.05) is 41.0 Å². The van der Waals surface area contributed by atoms with Crippen LogP contribution in [0.25, 0.3) is 10.9 Å². The van der Waals surface area contributed by atoms with Crippen LogP contribution in [0.2, 0.25) is 0 Å². The van der Waals surface area contributed by atoms with Gasteiger partial charge < -0.3 is 9.30 Å². The first-order valence-electron chi connectivity index (χ1n) is 9.49. The summed E-state index contributed by atoms with van der Waals surface area (Å²) in [5.41, 5.74) is 2.06. The lowest BCUT2D eigenvalue weighted by atomic mass is 9.94. The van der Waals surface area contributed by atoms with Gasteiger partial charge in [-0.3, -0.25) is 0 Å². The van der Waals surface area contributed by atoms with Gasteiger partial charge in [-0.1, -0.05) is 50.2 Å². The molecule has 4 rings (SSSR count). The lowest BCUT2D eigenvalue weighted by molar-refractivity contribution is 0.0360. The minimum absolute atomic E-state index is 0.137. The van der Waals surface area contributed by atoms with Crippen LogP contribution in [-0.2, 0) is 11.3 Å². The largest absolute Gasteiger partial charge is 0.460 e. The van der Waals surface area contributed by atoms with Gasteiger partial charge >= 0.3 is 5.97 Å². The molecule has 27 heavy (non-hydrogen) atoms. The monoisotopic (exact) mass is 365 g/mol. The maximum absolute atomic E-state index is 14.2. The predicted octanol–water partition coefficient (Wildman–Crippen LogP) is 5.42. The van der Waals surface area contributed by atoms with Crippen LogP contribution < -0.4 is 0 Å². The van der Waals surface area contributed by atoms with Crippen LogP contribution in [0, 0.1) is 17.2 Å². The molecule has 1 aliphatic carbocycles. The molecule has 3 nitrogen and oxygen atoms in total. The van der Waals surface area contributed by atoms with Gasteiger partial charge in [0.25, 0.3) is 0 Å². The summed E-state index contributed by atoms with van der Waals surface area (Å²) in [6.07, 6.45) is 2.21. The number of carbonyl (C=O) groups is 1. The van der Waals surface area contributed by atoms with Gasteiger partial charge in [0.05, 0.1) is 13.2 Å². The molecule has 3 aromatic rings. The van der Waals surface area contributed by atoms with Gasteiger partial charge in [0, 0.05) is 21.9 Å². The van der Waals surface area contributed by atoms with E-state index in [1.165, 1.54) is 6.07 Å². The molecule has 1 aromatic heterocycles. The van der Waals surface area contributed by atoms with Crippen molar-refractivity contribution in [2.24, 2.45) is 11.3 Å². The Morgan fingerprint density at radius 3 is 2.56 bits per heavy atom. The van der Waals surface area contributed by atoms with Gasteiger partial charge in [0.2, 0.25) is 0 Å². The quantitative estimate of drug-likeness (QED) is 0.546. The summed E-state index contributed by atoms with van der Waals surface area (Å²) in [5, 5.41) is 0.950. The molecule has 1 fully saturated rings. The number of halogens is 1. The van der Waals surface area contributed by atoms with Crippen LogP contribution in [0.3, 0.4) is 0 Å². The molecular formula is C23H24FNO2. The van der Waals surface area contributed by atoms with Crippen molar-refractivity contribution in [3.05, 3.63) is 71.7 Å². The van der Waals surface area contributed by atoms with E-state index in [0.717, 1.165) is 23.7 Å². The molecule has 0 unspecified atom stereocenters. The summed E-state index contributed by atoms with van der Waals surface area (Å²) in [6, 6.07) is 16.3. The summed E-state index contributed by atoms with van der Waals surface area (Å²) in [6.45, 7) is 5.09. The normalized spacial score (nSPS) is 15.3. The number of hydrogen-bond donors (Lipinski definition) is 0. The highest BCUT2D eigenvalue weighted by atomic mass is 19.1. The molecule has 1 aliphatic rings. The summed E-state index contributed by atoms with van der Waals surface area (Å²) in [7, 11) is 0. The van der Waals surface area contributed by atoms with Crippen LogP contribution in [0.1, 0.15) is 42.7 Å². The highest BCUT2D eigenvalue weighted by Gasteiger charge is 2.46. The van der Waals surface area contributed by atoms with E-state index in [9.17, 15) is 9.18 Å². The van der Waals surface area contributed by atoms with Crippen LogP contribution in [0.5, 0.6) is 0 Å². The Morgan fingerprint density at radius 1 is 1.15 bits per heavy atom. The molecule has 0 radical (unpaired) electrons. The fraction of sp³-hybridized carbons (Fsp3) is 0.348. The maximum atomic E-state index is 14.2. The van der Waals surface area contributed by atoms with Gasteiger partial charge in [-0.15, -0.1) is 0 Å². The average Bonchev–Trinajstić information content (AvgIpc) is 3.38. The Hall–Kier alpha value is -2.62. The van der Waals surface area contributed by atoms with Crippen LogP contribution >= 0.6 is 0 Å². The molecule has 1 heterocycles. The molecule has 140 valence electrons. The minimum Gasteiger partial charge on any atom is -0.460 e. The fourth-order valence-electron chi connectivity index (χ4n) is 3.68. The SMILES string of the molecule is CC(C)C1(COC(=O)c2cc3ccccc3n2Cc2ccccc2F)CC1. The second-order valence-electron chi connectivity index (χ2n) is 7.86. The van der Waals surface area contributed by atoms with E-state index in [2.05, 4.69) is 13.8 Å². The molecule has 0 amide bonds. The van der Waals surface area contributed by atoms with Crippen LogP contribution in [-0.4, -0.2) is 17.1 Å². The van der Waals surface area contributed by atoms with Crippen molar-refractivity contribution in [2.45, 2.75) is 33.2 Å². The highest BCUT2D eigenvalue weighted by Crippen LogP contribution is 2.52. The van der Waals surface area contributed by atoms with Crippen molar-refractivity contribution in [1.82, 2.24) is 4.57 Å². The summed E-state index contributed by atoms with van der Waals surface area (Å²) in [5.74, 6) is -0.115. The van der Waals surface area contributed by atoms with E-state index in [4.69, 9.17) is 4.74 Å². The zero-order valence-corrected chi connectivity index (χ0v) is 15.7. The van der Waals surface area contributed by atoms with E-state index >= 15 is 0 Å². The summed E-state index contributed by atoms with van der Waals surface area (Å²) < 4.78 is 21.7. The van der Waals surface area contributed by atoms with E-state index in [0.29, 0.717) is 30.3 Å². The topological polar surface area (TPSA) is 31.2 Å². The van der Waals surface area contributed by atoms with Gasteiger partial charge in [-0.25, -0.2) is 9.18 Å². The predicted molar refractivity (Wildman–Crippen MR) is 104 cm³/mol. The molecule has 1 saturated carbocycles. The Balaban J connectivity index is 1.65. The molecule has 0 atom stereocenters. The molecule has 0 saturated heterocycles. The smallest absolute Gasteiger partial charge is 0.355 e. The van der Waals surface area contributed by atoms with Gasteiger partial charge in [0.15, 0.2) is 0 Å². The first-order valence-corrected chi connectivity index (χ1v) is 9.49. The third-order valence-corrected chi connectivity index (χ3v) is 5.91. The maximum Gasteiger partial charge on any atom is 0.355 e. The Kier molecular flexibility index (Phi) is 4.50. The number of aromatic nitrogens is 1. The van der Waals surface area contributed by atoms with Crippen molar-refractivity contribution in [3.8, 4) is 0 Å². The van der Waals surface area contributed by atoms with Gasteiger partial charge in [-0.2, -0.15) is 0 Å². The Morgan fingerprint density at radius 2 is 1.85 bits per heavy atom. The number of rotatable bonds is 6. The average molecular weight is 365 g/mol.